The highest BCUT2D eigenvalue weighted by Crippen LogP contribution is 2.40. The van der Waals surface area contributed by atoms with Crippen LogP contribution in [0.5, 0.6) is 0 Å². The van der Waals surface area contributed by atoms with Gasteiger partial charge in [-0.2, -0.15) is 0 Å². The number of hydrogen-bond donors (Lipinski definition) is 2. The summed E-state index contributed by atoms with van der Waals surface area (Å²) >= 11 is 0. The molecule has 1 amide bonds. The van der Waals surface area contributed by atoms with Gasteiger partial charge in [-0.05, 0) is 11.1 Å². The first-order valence-electron chi connectivity index (χ1n) is 7.34. The third kappa shape index (κ3) is 2.40. The molecule has 2 aromatic carbocycles. The van der Waals surface area contributed by atoms with E-state index in [0.29, 0.717) is 0 Å². The molecule has 0 saturated carbocycles. The zero-order valence-corrected chi connectivity index (χ0v) is 12.3. The Morgan fingerprint density at radius 1 is 1.00 bits per heavy atom. The van der Waals surface area contributed by atoms with Crippen molar-refractivity contribution in [3.8, 4) is 0 Å². The fraction of sp³-hybridized carbons (Fsp3) is 0.278. The van der Waals surface area contributed by atoms with Crippen molar-refractivity contribution >= 4 is 5.91 Å². The van der Waals surface area contributed by atoms with Crippen molar-refractivity contribution in [2.75, 3.05) is 7.05 Å². The van der Waals surface area contributed by atoms with E-state index >= 15 is 0 Å². The molecule has 0 aromatic heterocycles. The van der Waals surface area contributed by atoms with E-state index in [1.165, 1.54) is 4.90 Å². The SMILES string of the molecule is CN1C(=O)[C@H](O)[C@H](c2ccccc2)[C@@H]1[C@@H](O)c1ccccc1. The number of hydrogen-bond acceptors (Lipinski definition) is 3. The van der Waals surface area contributed by atoms with Gasteiger partial charge in [-0.25, -0.2) is 0 Å². The Kier molecular flexibility index (Phi) is 3.96. The van der Waals surface area contributed by atoms with Gasteiger partial charge in [0.25, 0.3) is 5.91 Å². The molecule has 22 heavy (non-hydrogen) atoms. The van der Waals surface area contributed by atoms with E-state index in [1.54, 1.807) is 7.05 Å². The van der Waals surface area contributed by atoms with Gasteiger partial charge in [0.05, 0.1) is 6.04 Å². The predicted octanol–water partition coefficient (Wildman–Crippen LogP) is 1.71. The number of nitrogens with zero attached hydrogens (tertiary/aromatic N) is 1. The van der Waals surface area contributed by atoms with E-state index in [0.717, 1.165) is 11.1 Å². The molecule has 0 bridgehead atoms. The summed E-state index contributed by atoms with van der Waals surface area (Å²) in [4.78, 5) is 13.7. The van der Waals surface area contributed by atoms with Crippen LogP contribution < -0.4 is 0 Å². The minimum Gasteiger partial charge on any atom is -0.386 e. The molecule has 0 aliphatic carbocycles. The number of carbonyl (C=O) groups is 1. The summed E-state index contributed by atoms with van der Waals surface area (Å²) in [5, 5.41) is 21.1. The molecule has 3 rings (SSSR count). The first kappa shape index (κ1) is 14.8. The number of rotatable bonds is 3. The first-order chi connectivity index (χ1) is 10.6. The molecule has 2 aromatic rings. The highest BCUT2D eigenvalue weighted by Gasteiger charge is 2.49. The normalized spacial score (nSPS) is 26.2. The van der Waals surface area contributed by atoms with Gasteiger partial charge in [-0.1, -0.05) is 60.7 Å². The molecular formula is C18H19NO3. The fourth-order valence-electron chi connectivity index (χ4n) is 3.25. The van der Waals surface area contributed by atoms with Crippen molar-refractivity contribution in [1.82, 2.24) is 4.90 Å². The van der Waals surface area contributed by atoms with Crippen molar-refractivity contribution < 1.29 is 15.0 Å². The van der Waals surface area contributed by atoms with Crippen molar-refractivity contribution in [2.24, 2.45) is 0 Å². The zero-order valence-electron chi connectivity index (χ0n) is 12.3. The predicted molar refractivity (Wildman–Crippen MR) is 83.1 cm³/mol. The molecular weight excluding hydrogens is 278 g/mol. The highest BCUT2D eigenvalue weighted by molar-refractivity contribution is 5.85. The lowest BCUT2D eigenvalue weighted by molar-refractivity contribution is -0.135. The summed E-state index contributed by atoms with van der Waals surface area (Å²) in [7, 11) is 1.63. The number of likely N-dealkylation sites (tertiary alicyclic amines) is 1. The summed E-state index contributed by atoms with van der Waals surface area (Å²) in [5.74, 6) is -0.803. The summed E-state index contributed by atoms with van der Waals surface area (Å²) in [5.41, 5.74) is 1.59. The first-order valence-corrected chi connectivity index (χ1v) is 7.34. The second-order valence-corrected chi connectivity index (χ2v) is 5.68. The van der Waals surface area contributed by atoms with Crippen molar-refractivity contribution in [2.45, 2.75) is 24.2 Å². The maximum Gasteiger partial charge on any atom is 0.252 e. The molecule has 0 spiro atoms. The number of carbonyl (C=O) groups excluding carboxylic acids is 1. The van der Waals surface area contributed by atoms with Crippen LogP contribution in [0.1, 0.15) is 23.1 Å². The highest BCUT2D eigenvalue weighted by atomic mass is 16.3. The van der Waals surface area contributed by atoms with Crippen LogP contribution in [-0.2, 0) is 4.79 Å². The minimum atomic E-state index is -1.13. The maximum atomic E-state index is 12.2. The van der Waals surface area contributed by atoms with E-state index in [1.807, 2.05) is 60.7 Å². The Morgan fingerprint density at radius 2 is 1.55 bits per heavy atom. The van der Waals surface area contributed by atoms with E-state index < -0.39 is 24.2 Å². The molecule has 1 fully saturated rings. The topological polar surface area (TPSA) is 60.8 Å². The third-order valence-electron chi connectivity index (χ3n) is 4.41. The van der Waals surface area contributed by atoms with Crippen LogP contribution >= 0.6 is 0 Å². The van der Waals surface area contributed by atoms with Gasteiger partial charge in [0.15, 0.2) is 0 Å². The van der Waals surface area contributed by atoms with Crippen molar-refractivity contribution in [3.63, 3.8) is 0 Å². The lowest BCUT2D eigenvalue weighted by Crippen LogP contribution is -2.36. The van der Waals surface area contributed by atoms with Crippen LogP contribution in [0.2, 0.25) is 0 Å². The van der Waals surface area contributed by atoms with Gasteiger partial charge in [-0.3, -0.25) is 4.79 Å². The van der Waals surface area contributed by atoms with Gasteiger partial charge in [0, 0.05) is 13.0 Å². The van der Waals surface area contributed by atoms with Crippen LogP contribution in [0.3, 0.4) is 0 Å². The average Bonchev–Trinajstić information content (AvgIpc) is 2.80. The van der Waals surface area contributed by atoms with Gasteiger partial charge in [0.1, 0.15) is 12.2 Å². The van der Waals surface area contributed by atoms with Gasteiger partial charge in [0.2, 0.25) is 0 Å². The molecule has 4 nitrogen and oxygen atoms in total. The van der Waals surface area contributed by atoms with Crippen molar-refractivity contribution in [1.29, 1.82) is 0 Å². The van der Waals surface area contributed by atoms with Crippen LogP contribution in [0.15, 0.2) is 60.7 Å². The Bertz CT molecular complexity index is 644. The van der Waals surface area contributed by atoms with Crippen LogP contribution in [0.25, 0.3) is 0 Å². The lowest BCUT2D eigenvalue weighted by Gasteiger charge is -2.30. The second kappa shape index (κ2) is 5.91. The standard InChI is InChI=1S/C18H19NO3/c1-19-15(16(20)13-10-6-3-7-11-13)14(17(21)18(19)22)12-8-4-2-5-9-12/h2-11,14-17,20-21H,1H3/t14-,15-,16+,17-/m1/s1. The molecule has 1 aliphatic heterocycles. The lowest BCUT2D eigenvalue weighted by atomic mass is 9.85. The largest absolute Gasteiger partial charge is 0.386 e. The van der Waals surface area contributed by atoms with Gasteiger partial charge in [-0.15, -0.1) is 0 Å². The Labute approximate surface area is 129 Å². The summed E-state index contributed by atoms with van der Waals surface area (Å²) in [6.45, 7) is 0. The molecule has 1 saturated heterocycles. The average molecular weight is 297 g/mol. The van der Waals surface area contributed by atoms with Gasteiger partial charge < -0.3 is 15.1 Å². The molecule has 1 heterocycles. The fourth-order valence-corrected chi connectivity index (χ4v) is 3.25. The third-order valence-corrected chi connectivity index (χ3v) is 4.41. The minimum absolute atomic E-state index is 0.353. The molecule has 1 aliphatic rings. The molecule has 4 atom stereocenters. The number of benzene rings is 2. The Balaban J connectivity index is 2.01. The summed E-state index contributed by atoms with van der Waals surface area (Å²) in [6.07, 6.45) is -1.98. The van der Waals surface area contributed by atoms with Gasteiger partial charge >= 0.3 is 0 Å². The molecule has 4 heteroatoms. The smallest absolute Gasteiger partial charge is 0.252 e. The van der Waals surface area contributed by atoms with E-state index in [-0.39, 0.29) is 5.91 Å². The number of amides is 1. The molecule has 2 N–H and O–H groups in total. The van der Waals surface area contributed by atoms with E-state index in [4.69, 9.17) is 0 Å². The van der Waals surface area contributed by atoms with Crippen LogP contribution in [0, 0.1) is 0 Å². The van der Waals surface area contributed by atoms with E-state index in [9.17, 15) is 15.0 Å². The summed E-state index contributed by atoms with van der Waals surface area (Å²) in [6, 6.07) is 18.1. The monoisotopic (exact) mass is 297 g/mol. The Morgan fingerprint density at radius 3 is 2.14 bits per heavy atom. The maximum absolute atomic E-state index is 12.2. The molecule has 0 unspecified atom stereocenters. The van der Waals surface area contributed by atoms with Crippen LogP contribution in [-0.4, -0.2) is 40.2 Å². The van der Waals surface area contributed by atoms with E-state index in [2.05, 4.69) is 0 Å². The zero-order chi connectivity index (χ0) is 15.7. The second-order valence-electron chi connectivity index (χ2n) is 5.68. The molecule has 114 valence electrons. The Hall–Kier alpha value is -2.17. The van der Waals surface area contributed by atoms with Crippen LogP contribution in [0.4, 0.5) is 0 Å². The van der Waals surface area contributed by atoms with Crippen molar-refractivity contribution in [3.05, 3.63) is 71.8 Å². The quantitative estimate of drug-likeness (QED) is 0.906. The number of aliphatic hydroxyl groups excluding tert-OH is 2. The summed E-state index contributed by atoms with van der Waals surface area (Å²) < 4.78 is 0. The molecule has 0 radical (unpaired) electrons. The number of aliphatic hydroxyl groups is 2. The number of likely N-dealkylation sites (N-methyl/N-ethyl adjacent to an activating group) is 1.